The van der Waals surface area contributed by atoms with Crippen LogP contribution in [0.1, 0.15) is 21.5 Å². The average molecular weight is 363 g/mol. The van der Waals surface area contributed by atoms with E-state index < -0.39 is 0 Å². The summed E-state index contributed by atoms with van der Waals surface area (Å²) in [4.78, 5) is 12.8. The van der Waals surface area contributed by atoms with Crippen LogP contribution in [0.25, 0.3) is 10.9 Å². The van der Waals surface area contributed by atoms with Gasteiger partial charge >= 0.3 is 0 Å². The van der Waals surface area contributed by atoms with Gasteiger partial charge in [0, 0.05) is 39.7 Å². The number of rotatable bonds is 2. The Kier molecular flexibility index (Phi) is 3.64. The van der Waals surface area contributed by atoms with Gasteiger partial charge in [-0.15, -0.1) is 0 Å². The second-order valence-electron chi connectivity index (χ2n) is 5.13. The fourth-order valence-corrected chi connectivity index (χ4v) is 3.25. The van der Waals surface area contributed by atoms with Crippen molar-refractivity contribution in [2.75, 3.05) is 0 Å². The van der Waals surface area contributed by atoms with Crippen molar-refractivity contribution in [1.29, 1.82) is 0 Å². The van der Waals surface area contributed by atoms with E-state index in [0.717, 1.165) is 15.4 Å². The molecule has 0 amide bonds. The van der Waals surface area contributed by atoms with Crippen LogP contribution in [0.4, 0.5) is 0 Å². The van der Waals surface area contributed by atoms with Crippen LogP contribution in [0.5, 0.6) is 0 Å². The van der Waals surface area contributed by atoms with E-state index >= 15 is 0 Å². The molecule has 1 aromatic heterocycles. The fourth-order valence-electron chi connectivity index (χ4n) is 2.49. The van der Waals surface area contributed by atoms with Gasteiger partial charge in [0.2, 0.25) is 0 Å². The maximum Gasteiger partial charge on any atom is 0.196 e. The molecule has 21 heavy (non-hydrogen) atoms. The molecule has 1 heterocycles. The molecule has 3 rings (SSSR count). The van der Waals surface area contributed by atoms with Gasteiger partial charge in [-0.2, -0.15) is 0 Å². The first-order valence-corrected chi connectivity index (χ1v) is 7.70. The molecule has 0 aliphatic carbocycles. The number of aromatic nitrogens is 1. The molecule has 0 N–H and O–H groups in total. The van der Waals surface area contributed by atoms with Gasteiger partial charge in [-0.1, -0.05) is 39.7 Å². The number of ketones is 1. The van der Waals surface area contributed by atoms with E-state index in [2.05, 4.69) is 22.0 Å². The van der Waals surface area contributed by atoms with Gasteiger partial charge in [-0.05, 0) is 36.8 Å². The zero-order chi connectivity index (χ0) is 15.1. The van der Waals surface area contributed by atoms with Gasteiger partial charge in [-0.25, -0.2) is 0 Å². The van der Waals surface area contributed by atoms with Crippen LogP contribution in [0.3, 0.4) is 0 Å². The van der Waals surface area contributed by atoms with E-state index in [-0.39, 0.29) is 5.78 Å². The monoisotopic (exact) mass is 361 g/mol. The highest BCUT2D eigenvalue weighted by molar-refractivity contribution is 9.10. The number of halogens is 2. The highest BCUT2D eigenvalue weighted by Crippen LogP contribution is 2.28. The summed E-state index contributed by atoms with van der Waals surface area (Å²) in [6.07, 6.45) is 1.87. The minimum Gasteiger partial charge on any atom is -0.350 e. The molecule has 2 aromatic carbocycles. The summed E-state index contributed by atoms with van der Waals surface area (Å²) < 4.78 is 2.83. The lowest BCUT2D eigenvalue weighted by atomic mass is 10.0. The third-order valence-corrected chi connectivity index (χ3v) is 4.37. The van der Waals surface area contributed by atoms with E-state index in [9.17, 15) is 4.79 Å². The molecule has 0 bridgehead atoms. The number of carbonyl (C=O) groups excluding carboxylic acids is 1. The highest BCUT2D eigenvalue weighted by atomic mass is 79.9. The van der Waals surface area contributed by atoms with E-state index in [1.54, 1.807) is 12.1 Å². The molecule has 106 valence electrons. The summed E-state index contributed by atoms with van der Waals surface area (Å²) >= 11 is 9.55. The number of hydrogen-bond donors (Lipinski definition) is 0. The van der Waals surface area contributed by atoms with Gasteiger partial charge < -0.3 is 4.57 Å². The summed E-state index contributed by atoms with van der Waals surface area (Å²) in [5.41, 5.74) is 3.42. The number of carbonyl (C=O) groups is 1. The van der Waals surface area contributed by atoms with E-state index in [4.69, 9.17) is 11.6 Å². The van der Waals surface area contributed by atoms with Crippen molar-refractivity contribution in [3.05, 3.63) is 68.8 Å². The smallest absolute Gasteiger partial charge is 0.196 e. The average Bonchev–Trinajstić information content (AvgIpc) is 2.75. The minimum atomic E-state index is -0.0537. The summed E-state index contributed by atoms with van der Waals surface area (Å²) in [7, 11) is 1.95. The van der Waals surface area contributed by atoms with Gasteiger partial charge in [0.05, 0.1) is 5.02 Å². The van der Waals surface area contributed by atoms with Gasteiger partial charge in [-0.3, -0.25) is 4.79 Å². The minimum absolute atomic E-state index is 0.0537. The van der Waals surface area contributed by atoms with E-state index in [0.29, 0.717) is 16.1 Å². The van der Waals surface area contributed by atoms with Gasteiger partial charge in [0.15, 0.2) is 5.78 Å². The quantitative estimate of drug-likeness (QED) is 0.579. The second-order valence-corrected chi connectivity index (χ2v) is 6.45. The molecule has 0 saturated heterocycles. The van der Waals surface area contributed by atoms with Crippen molar-refractivity contribution in [1.82, 2.24) is 4.57 Å². The molecule has 0 aliphatic heterocycles. The lowest BCUT2D eigenvalue weighted by Crippen LogP contribution is -2.01. The Morgan fingerprint density at radius 3 is 2.62 bits per heavy atom. The highest BCUT2D eigenvalue weighted by Gasteiger charge is 2.18. The molecular formula is C17H13BrClNO. The first-order valence-electron chi connectivity index (χ1n) is 6.53. The normalized spacial score (nSPS) is 11.0. The standard InChI is InChI=1S/C17H13BrClNO/c1-10-3-5-12-14(9-20(2)16(12)7-10)17(21)13-6-4-11(18)8-15(13)19/h3-9H,1-2H3. The Morgan fingerprint density at radius 1 is 1.14 bits per heavy atom. The maximum absolute atomic E-state index is 12.8. The molecule has 0 unspecified atom stereocenters. The number of benzene rings is 2. The van der Waals surface area contributed by atoms with Crippen LogP contribution in [0, 0.1) is 6.92 Å². The predicted molar refractivity (Wildman–Crippen MR) is 90.2 cm³/mol. The Hall–Kier alpha value is -1.58. The SMILES string of the molecule is Cc1ccc2c(C(=O)c3ccc(Br)cc3Cl)cn(C)c2c1. The van der Waals surface area contributed by atoms with Crippen LogP contribution in [0.15, 0.2) is 47.1 Å². The largest absolute Gasteiger partial charge is 0.350 e. The van der Waals surface area contributed by atoms with Gasteiger partial charge in [0.25, 0.3) is 0 Å². The summed E-state index contributed by atoms with van der Waals surface area (Å²) in [5, 5.41) is 1.41. The molecule has 0 aliphatic rings. The van der Waals surface area contributed by atoms with E-state index in [1.165, 1.54) is 5.56 Å². The molecular weight excluding hydrogens is 350 g/mol. The number of nitrogens with zero attached hydrogens (tertiary/aromatic N) is 1. The molecule has 0 saturated carbocycles. The topological polar surface area (TPSA) is 22.0 Å². The van der Waals surface area contributed by atoms with Crippen LogP contribution >= 0.6 is 27.5 Å². The number of fused-ring (bicyclic) bond motifs is 1. The lowest BCUT2D eigenvalue weighted by molar-refractivity contribution is 0.104. The summed E-state index contributed by atoms with van der Waals surface area (Å²) in [6, 6.07) is 11.4. The lowest BCUT2D eigenvalue weighted by Gasteiger charge is -2.03. The first kappa shape index (κ1) is 14.4. The van der Waals surface area contributed by atoms with Crippen LogP contribution in [-0.4, -0.2) is 10.4 Å². The number of aryl methyl sites for hydroxylation is 2. The van der Waals surface area contributed by atoms with Crippen molar-refractivity contribution in [2.45, 2.75) is 6.92 Å². The third kappa shape index (κ3) is 2.52. The van der Waals surface area contributed by atoms with Crippen LogP contribution < -0.4 is 0 Å². The zero-order valence-corrected chi connectivity index (χ0v) is 14.0. The molecule has 4 heteroatoms. The Balaban J connectivity index is 2.18. The van der Waals surface area contributed by atoms with Crippen molar-refractivity contribution >= 4 is 44.2 Å². The molecule has 0 atom stereocenters. The van der Waals surface area contributed by atoms with Crippen molar-refractivity contribution in [3.8, 4) is 0 Å². The summed E-state index contributed by atoms with van der Waals surface area (Å²) in [5.74, 6) is -0.0537. The molecule has 2 nitrogen and oxygen atoms in total. The number of hydrogen-bond acceptors (Lipinski definition) is 1. The molecule has 0 fully saturated rings. The van der Waals surface area contributed by atoms with Crippen molar-refractivity contribution in [3.63, 3.8) is 0 Å². The van der Waals surface area contributed by atoms with Crippen LogP contribution in [0.2, 0.25) is 5.02 Å². The fraction of sp³-hybridized carbons (Fsp3) is 0.118. The van der Waals surface area contributed by atoms with E-state index in [1.807, 2.05) is 42.9 Å². The van der Waals surface area contributed by atoms with Crippen molar-refractivity contribution in [2.24, 2.45) is 7.05 Å². The molecule has 3 aromatic rings. The Bertz CT molecular complexity index is 867. The Morgan fingerprint density at radius 2 is 1.90 bits per heavy atom. The van der Waals surface area contributed by atoms with Gasteiger partial charge in [0.1, 0.15) is 0 Å². The van der Waals surface area contributed by atoms with Crippen LogP contribution in [-0.2, 0) is 7.05 Å². The summed E-state index contributed by atoms with van der Waals surface area (Å²) in [6.45, 7) is 2.04. The Labute approximate surface area is 136 Å². The third-order valence-electron chi connectivity index (χ3n) is 3.57. The zero-order valence-electron chi connectivity index (χ0n) is 11.7. The van der Waals surface area contributed by atoms with Crippen molar-refractivity contribution < 1.29 is 4.79 Å². The second kappa shape index (κ2) is 5.32. The molecule has 0 spiro atoms. The molecule has 0 radical (unpaired) electrons. The maximum atomic E-state index is 12.8. The predicted octanol–water partition coefficient (Wildman–Crippen LogP) is 5.13. The first-order chi connectivity index (χ1) is 9.97.